The summed E-state index contributed by atoms with van der Waals surface area (Å²) in [6.07, 6.45) is 5.58. The summed E-state index contributed by atoms with van der Waals surface area (Å²) >= 11 is 0. The minimum absolute atomic E-state index is 0.0788. The Bertz CT molecular complexity index is 240. The Kier molecular flexibility index (Phi) is 1.26. The molecule has 1 N–H and O–H groups in total. The molecule has 11 heavy (non-hydrogen) atoms. The Morgan fingerprint density at radius 3 is 2.91 bits per heavy atom. The van der Waals surface area contributed by atoms with Gasteiger partial charge in [-0.3, -0.25) is 0 Å². The zero-order valence-electron chi connectivity index (χ0n) is 6.74. The molecule has 2 nitrogen and oxygen atoms in total. The van der Waals surface area contributed by atoms with Gasteiger partial charge in [-0.2, -0.15) is 0 Å². The van der Waals surface area contributed by atoms with E-state index in [-0.39, 0.29) is 6.10 Å². The van der Waals surface area contributed by atoms with Gasteiger partial charge in [-0.15, -0.1) is 0 Å². The first-order chi connectivity index (χ1) is 5.12. The molecule has 1 heterocycles. The first-order valence-electron chi connectivity index (χ1n) is 3.93. The third-order valence-corrected chi connectivity index (χ3v) is 2.19. The molecule has 0 bridgehead atoms. The molecule has 2 aliphatic rings. The van der Waals surface area contributed by atoms with E-state index in [2.05, 4.69) is 13.8 Å². The van der Waals surface area contributed by atoms with Crippen molar-refractivity contribution in [1.29, 1.82) is 0 Å². The van der Waals surface area contributed by atoms with E-state index in [1.807, 2.05) is 12.2 Å². The van der Waals surface area contributed by atoms with E-state index in [0.29, 0.717) is 5.92 Å². The molecule has 1 fully saturated rings. The lowest BCUT2D eigenvalue weighted by Crippen LogP contribution is -2.13. The van der Waals surface area contributed by atoms with Gasteiger partial charge in [0.05, 0.1) is 0 Å². The molecule has 0 aromatic rings. The van der Waals surface area contributed by atoms with Crippen LogP contribution in [-0.2, 0) is 4.74 Å². The Balaban J connectivity index is 2.19. The lowest BCUT2D eigenvalue weighted by molar-refractivity contribution is 0.0825. The van der Waals surface area contributed by atoms with Crippen LogP contribution < -0.4 is 0 Å². The predicted molar refractivity (Wildman–Crippen MR) is 41.9 cm³/mol. The average Bonchev–Trinajstić information content (AvgIpc) is 2.58. The maximum absolute atomic E-state index is 9.39. The highest BCUT2D eigenvalue weighted by Crippen LogP contribution is 2.40. The van der Waals surface area contributed by atoms with Crippen molar-refractivity contribution in [1.82, 2.24) is 0 Å². The molecule has 0 aromatic heterocycles. The van der Waals surface area contributed by atoms with Gasteiger partial charge in [-0.25, -0.2) is 0 Å². The maximum Gasteiger partial charge on any atom is 0.217 e. The van der Waals surface area contributed by atoms with Crippen molar-refractivity contribution in [3.8, 4) is 0 Å². The maximum atomic E-state index is 9.39. The topological polar surface area (TPSA) is 32.8 Å². The zero-order valence-corrected chi connectivity index (χ0v) is 6.74. The van der Waals surface area contributed by atoms with Crippen LogP contribution in [0.3, 0.4) is 0 Å². The fourth-order valence-corrected chi connectivity index (χ4v) is 1.29. The van der Waals surface area contributed by atoms with Gasteiger partial charge in [-0.05, 0) is 23.6 Å². The summed E-state index contributed by atoms with van der Waals surface area (Å²) in [6, 6.07) is 0. The standard InChI is InChI=1S/C9H12O2/c1-6(2)7-3-4-9(10)8(5-7)11-9/h3-6,8,10H,1-2H3. The van der Waals surface area contributed by atoms with Crippen LogP contribution in [0.15, 0.2) is 23.8 Å². The van der Waals surface area contributed by atoms with Gasteiger partial charge in [0.1, 0.15) is 6.10 Å². The van der Waals surface area contributed by atoms with E-state index in [4.69, 9.17) is 4.74 Å². The van der Waals surface area contributed by atoms with Crippen LogP contribution in [0.2, 0.25) is 0 Å². The number of aliphatic hydroxyl groups is 1. The molecule has 0 saturated carbocycles. The number of rotatable bonds is 1. The zero-order chi connectivity index (χ0) is 8.06. The predicted octanol–water partition coefficient (Wildman–Crippen LogP) is 1.23. The number of allylic oxidation sites excluding steroid dienone is 2. The molecule has 2 unspecified atom stereocenters. The summed E-state index contributed by atoms with van der Waals surface area (Å²) in [4.78, 5) is 0. The van der Waals surface area contributed by atoms with E-state index in [9.17, 15) is 5.11 Å². The van der Waals surface area contributed by atoms with Crippen LogP contribution in [0.5, 0.6) is 0 Å². The Morgan fingerprint density at radius 2 is 2.36 bits per heavy atom. The van der Waals surface area contributed by atoms with Crippen LogP contribution in [0, 0.1) is 5.92 Å². The lowest BCUT2D eigenvalue weighted by Gasteiger charge is -2.09. The Hall–Kier alpha value is -0.600. The quantitative estimate of drug-likeness (QED) is 0.573. The van der Waals surface area contributed by atoms with Gasteiger partial charge < -0.3 is 9.84 Å². The van der Waals surface area contributed by atoms with Gasteiger partial charge >= 0.3 is 0 Å². The Morgan fingerprint density at radius 1 is 1.64 bits per heavy atom. The van der Waals surface area contributed by atoms with Crippen molar-refractivity contribution in [2.24, 2.45) is 5.92 Å². The molecule has 0 radical (unpaired) electrons. The van der Waals surface area contributed by atoms with E-state index in [1.54, 1.807) is 6.08 Å². The van der Waals surface area contributed by atoms with Gasteiger partial charge in [0, 0.05) is 0 Å². The van der Waals surface area contributed by atoms with E-state index < -0.39 is 5.79 Å². The number of fused-ring (bicyclic) bond motifs is 1. The number of ether oxygens (including phenoxy) is 1. The second-order valence-corrected chi connectivity index (χ2v) is 3.45. The van der Waals surface area contributed by atoms with E-state index >= 15 is 0 Å². The number of hydrogen-bond donors (Lipinski definition) is 1. The SMILES string of the molecule is CC(C)C1=CC2OC2(O)C=C1. The van der Waals surface area contributed by atoms with Crippen LogP contribution in [0.25, 0.3) is 0 Å². The third-order valence-electron chi connectivity index (χ3n) is 2.19. The second kappa shape index (κ2) is 1.96. The molecule has 0 spiro atoms. The van der Waals surface area contributed by atoms with Crippen molar-refractivity contribution < 1.29 is 9.84 Å². The highest BCUT2D eigenvalue weighted by Gasteiger charge is 2.53. The van der Waals surface area contributed by atoms with Crippen molar-refractivity contribution in [2.75, 3.05) is 0 Å². The van der Waals surface area contributed by atoms with E-state index in [1.165, 1.54) is 5.57 Å². The van der Waals surface area contributed by atoms with Crippen LogP contribution in [0.1, 0.15) is 13.8 Å². The third kappa shape index (κ3) is 1.03. The van der Waals surface area contributed by atoms with Crippen LogP contribution >= 0.6 is 0 Å². The van der Waals surface area contributed by atoms with Crippen molar-refractivity contribution in [2.45, 2.75) is 25.7 Å². The largest absolute Gasteiger partial charge is 0.360 e. The highest BCUT2D eigenvalue weighted by molar-refractivity contribution is 5.35. The fourth-order valence-electron chi connectivity index (χ4n) is 1.29. The fraction of sp³-hybridized carbons (Fsp3) is 0.556. The minimum atomic E-state index is -0.946. The van der Waals surface area contributed by atoms with E-state index in [0.717, 1.165) is 0 Å². The number of epoxide rings is 1. The van der Waals surface area contributed by atoms with Crippen LogP contribution in [-0.4, -0.2) is 17.0 Å². The summed E-state index contributed by atoms with van der Waals surface area (Å²) in [5, 5.41) is 9.39. The number of hydrogen-bond acceptors (Lipinski definition) is 2. The molecule has 2 atom stereocenters. The summed E-state index contributed by atoms with van der Waals surface area (Å²) in [5.41, 5.74) is 1.25. The van der Waals surface area contributed by atoms with Gasteiger partial charge in [0.15, 0.2) is 0 Å². The van der Waals surface area contributed by atoms with Crippen LogP contribution in [0.4, 0.5) is 0 Å². The summed E-state index contributed by atoms with van der Waals surface area (Å²) in [5.74, 6) is -0.432. The van der Waals surface area contributed by atoms with Gasteiger partial charge in [-0.1, -0.05) is 19.9 Å². The lowest BCUT2D eigenvalue weighted by atomic mass is 9.96. The molecule has 2 rings (SSSR count). The average molecular weight is 152 g/mol. The molecule has 60 valence electrons. The summed E-state index contributed by atoms with van der Waals surface area (Å²) < 4.78 is 5.04. The van der Waals surface area contributed by atoms with Crippen molar-refractivity contribution >= 4 is 0 Å². The second-order valence-electron chi connectivity index (χ2n) is 3.45. The van der Waals surface area contributed by atoms with Crippen molar-refractivity contribution in [3.05, 3.63) is 23.8 Å². The van der Waals surface area contributed by atoms with Gasteiger partial charge in [0.2, 0.25) is 5.79 Å². The summed E-state index contributed by atoms with van der Waals surface area (Å²) in [6.45, 7) is 4.26. The molecular formula is C9H12O2. The first kappa shape index (κ1) is 7.07. The molecular weight excluding hydrogens is 140 g/mol. The molecule has 0 aromatic carbocycles. The molecule has 1 saturated heterocycles. The first-order valence-corrected chi connectivity index (χ1v) is 3.93. The minimum Gasteiger partial charge on any atom is -0.360 e. The highest BCUT2D eigenvalue weighted by atomic mass is 16.7. The summed E-state index contributed by atoms with van der Waals surface area (Å²) in [7, 11) is 0. The molecule has 0 amide bonds. The van der Waals surface area contributed by atoms with Crippen molar-refractivity contribution in [3.63, 3.8) is 0 Å². The monoisotopic (exact) mass is 152 g/mol. The molecule has 2 heteroatoms. The Labute approximate surface area is 66.2 Å². The molecule has 1 aliphatic heterocycles. The van der Waals surface area contributed by atoms with Gasteiger partial charge in [0.25, 0.3) is 0 Å². The molecule has 1 aliphatic carbocycles. The normalized spacial score (nSPS) is 40.4. The smallest absolute Gasteiger partial charge is 0.217 e.